The molecule has 0 fully saturated rings. The molecule has 0 heterocycles. The highest BCUT2D eigenvalue weighted by atomic mass is 32.3. The molecule has 0 aromatic carbocycles. The highest BCUT2D eigenvalue weighted by Crippen LogP contribution is 2.09. The fraction of sp³-hybridized carbons (Fsp3) is 1.00. The molecule has 4 nitrogen and oxygen atoms in total. The van der Waals surface area contributed by atoms with Gasteiger partial charge in [0.05, 0.1) is 6.61 Å². The number of hydrogen-bond acceptors (Lipinski definition) is 4. The molecule has 0 aliphatic heterocycles. The summed E-state index contributed by atoms with van der Waals surface area (Å²) in [6.07, 6.45) is 4.98. The van der Waals surface area contributed by atoms with Crippen molar-refractivity contribution in [1.82, 2.24) is 0 Å². The highest BCUT2D eigenvalue weighted by Gasteiger charge is 1.96. The molecule has 0 saturated heterocycles. The highest BCUT2D eigenvalue weighted by molar-refractivity contribution is 7.80. The lowest BCUT2D eigenvalue weighted by Crippen LogP contribution is -2.05. The molecule has 0 spiro atoms. The van der Waals surface area contributed by atoms with Gasteiger partial charge < -0.3 is 4.55 Å². The Kier molecular flexibility index (Phi) is 7.13. The Bertz CT molecular complexity index is 221. The fourth-order valence-corrected chi connectivity index (χ4v) is 1.49. The van der Waals surface area contributed by atoms with Gasteiger partial charge in [-0.3, -0.25) is 4.18 Å². The standard InChI is InChI=1S/C9H20O4S/c1-9(2)7-5-3-4-6-8-13-14(10,11)12/h9H,3-8H2,1-2H3,(H,10,11,12)/p-1. The maximum absolute atomic E-state index is 10.0. The van der Waals surface area contributed by atoms with Crippen LogP contribution in [0.3, 0.4) is 0 Å². The number of hydrogen-bond donors (Lipinski definition) is 0. The van der Waals surface area contributed by atoms with E-state index in [2.05, 4.69) is 18.0 Å². The SMILES string of the molecule is CC(C)CCCCCCOS(=O)(=O)[O-]. The fourth-order valence-electron chi connectivity index (χ4n) is 1.17. The lowest BCUT2D eigenvalue weighted by atomic mass is 10.0. The molecule has 5 heteroatoms. The average molecular weight is 223 g/mol. The Morgan fingerprint density at radius 3 is 2.21 bits per heavy atom. The Morgan fingerprint density at radius 1 is 1.14 bits per heavy atom. The van der Waals surface area contributed by atoms with E-state index in [4.69, 9.17) is 0 Å². The second-order valence-corrected chi connectivity index (χ2v) is 4.88. The van der Waals surface area contributed by atoms with Gasteiger partial charge in [0.25, 0.3) is 0 Å². The van der Waals surface area contributed by atoms with Crippen molar-refractivity contribution >= 4 is 10.4 Å². The zero-order valence-corrected chi connectivity index (χ0v) is 9.68. The van der Waals surface area contributed by atoms with E-state index in [9.17, 15) is 13.0 Å². The average Bonchev–Trinajstić information content (AvgIpc) is 2.00. The lowest BCUT2D eigenvalue weighted by molar-refractivity contribution is 0.255. The molecule has 0 N–H and O–H groups in total. The van der Waals surface area contributed by atoms with E-state index in [0.717, 1.165) is 19.3 Å². The van der Waals surface area contributed by atoms with Crippen LogP contribution in [-0.2, 0) is 14.6 Å². The van der Waals surface area contributed by atoms with Crippen molar-refractivity contribution in [3.05, 3.63) is 0 Å². The van der Waals surface area contributed by atoms with E-state index in [1.807, 2.05) is 0 Å². The Morgan fingerprint density at radius 2 is 1.71 bits per heavy atom. The largest absolute Gasteiger partial charge is 0.726 e. The monoisotopic (exact) mass is 223 g/mol. The van der Waals surface area contributed by atoms with Gasteiger partial charge in [-0.1, -0.05) is 39.5 Å². The molecule has 0 amide bonds. The number of rotatable bonds is 8. The van der Waals surface area contributed by atoms with E-state index < -0.39 is 10.4 Å². The van der Waals surface area contributed by atoms with E-state index >= 15 is 0 Å². The normalized spacial score (nSPS) is 12.3. The molecule has 0 saturated carbocycles. The van der Waals surface area contributed by atoms with E-state index in [0.29, 0.717) is 12.3 Å². The van der Waals surface area contributed by atoms with Crippen LogP contribution >= 0.6 is 0 Å². The summed E-state index contributed by atoms with van der Waals surface area (Å²) >= 11 is 0. The molecule has 0 bridgehead atoms. The van der Waals surface area contributed by atoms with E-state index in [1.54, 1.807) is 0 Å². The molecule has 0 aromatic heterocycles. The van der Waals surface area contributed by atoms with Crippen LogP contribution in [0.4, 0.5) is 0 Å². The summed E-state index contributed by atoms with van der Waals surface area (Å²) in [6, 6.07) is 0. The van der Waals surface area contributed by atoms with Crippen LogP contribution in [0.1, 0.15) is 46.0 Å². The van der Waals surface area contributed by atoms with Gasteiger partial charge in [-0.2, -0.15) is 0 Å². The molecule has 86 valence electrons. The predicted molar refractivity (Wildman–Crippen MR) is 53.6 cm³/mol. The van der Waals surface area contributed by atoms with Crippen molar-refractivity contribution in [3.8, 4) is 0 Å². The summed E-state index contributed by atoms with van der Waals surface area (Å²) in [7, 11) is -4.48. The van der Waals surface area contributed by atoms with Crippen LogP contribution in [0.15, 0.2) is 0 Å². The van der Waals surface area contributed by atoms with Crippen molar-refractivity contribution in [1.29, 1.82) is 0 Å². The van der Waals surface area contributed by atoms with Gasteiger partial charge >= 0.3 is 0 Å². The summed E-state index contributed by atoms with van der Waals surface area (Å²) in [6.45, 7) is 4.37. The molecular weight excluding hydrogens is 204 g/mol. The van der Waals surface area contributed by atoms with Gasteiger partial charge in [0.2, 0.25) is 10.4 Å². The maximum Gasteiger partial charge on any atom is 0.217 e. The smallest absolute Gasteiger partial charge is 0.217 e. The Hall–Kier alpha value is -0.130. The maximum atomic E-state index is 10.0. The minimum Gasteiger partial charge on any atom is -0.726 e. The molecule has 0 aliphatic rings. The predicted octanol–water partition coefficient (Wildman–Crippen LogP) is 2.07. The van der Waals surface area contributed by atoms with Crippen LogP contribution in [0.25, 0.3) is 0 Å². The van der Waals surface area contributed by atoms with Gasteiger partial charge in [-0.15, -0.1) is 0 Å². The van der Waals surface area contributed by atoms with Crippen LogP contribution < -0.4 is 0 Å². The summed E-state index contributed by atoms with van der Waals surface area (Å²) in [5, 5.41) is 0. The third-order valence-electron chi connectivity index (χ3n) is 1.90. The molecule has 0 atom stereocenters. The summed E-state index contributed by atoms with van der Waals surface area (Å²) in [4.78, 5) is 0. The first-order valence-electron chi connectivity index (χ1n) is 5.02. The summed E-state index contributed by atoms with van der Waals surface area (Å²) in [5.74, 6) is 0.716. The first-order valence-corrected chi connectivity index (χ1v) is 6.35. The topological polar surface area (TPSA) is 66.4 Å². The van der Waals surface area contributed by atoms with Gasteiger partial charge in [-0.25, -0.2) is 8.42 Å². The minimum atomic E-state index is -4.48. The number of unbranched alkanes of at least 4 members (excludes halogenated alkanes) is 3. The van der Waals surface area contributed by atoms with E-state index in [1.165, 1.54) is 6.42 Å². The van der Waals surface area contributed by atoms with Crippen molar-refractivity contribution in [2.75, 3.05) is 6.61 Å². The van der Waals surface area contributed by atoms with Crippen LogP contribution in [-0.4, -0.2) is 19.6 Å². The summed E-state index contributed by atoms with van der Waals surface area (Å²) < 4.78 is 34.2. The van der Waals surface area contributed by atoms with Gasteiger partial charge in [0.15, 0.2) is 0 Å². The van der Waals surface area contributed by atoms with Crippen molar-refractivity contribution in [2.24, 2.45) is 5.92 Å². The lowest BCUT2D eigenvalue weighted by Gasteiger charge is -2.07. The quantitative estimate of drug-likeness (QED) is 0.359. The third kappa shape index (κ3) is 11.9. The molecule has 0 aliphatic carbocycles. The second-order valence-electron chi connectivity index (χ2n) is 3.83. The van der Waals surface area contributed by atoms with Gasteiger partial charge in [0.1, 0.15) is 0 Å². The van der Waals surface area contributed by atoms with Crippen molar-refractivity contribution in [3.63, 3.8) is 0 Å². The molecule has 14 heavy (non-hydrogen) atoms. The molecule has 0 radical (unpaired) electrons. The van der Waals surface area contributed by atoms with Crippen molar-refractivity contribution in [2.45, 2.75) is 46.0 Å². The van der Waals surface area contributed by atoms with E-state index in [-0.39, 0.29) is 6.61 Å². The molecular formula is C9H19O4S-. The molecule has 0 rings (SSSR count). The van der Waals surface area contributed by atoms with Gasteiger partial charge in [0, 0.05) is 0 Å². The minimum absolute atomic E-state index is 0.0213. The first kappa shape index (κ1) is 13.9. The Balaban J connectivity index is 3.15. The van der Waals surface area contributed by atoms with Crippen LogP contribution in [0.2, 0.25) is 0 Å². The zero-order valence-electron chi connectivity index (χ0n) is 8.86. The Labute approximate surface area is 86.6 Å². The van der Waals surface area contributed by atoms with Crippen molar-refractivity contribution < 1.29 is 17.2 Å². The molecule has 0 aromatic rings. The molecule has 0 unspecified atom stereocenters. The third-order valence-corrected chi connectivity index (χ3v) is 2.36. The summed E-state index contributed by atoms with van der Waals surface area (Å²) in [5.41, 5.74) is 0. The first-order chi connectivity index (χ1) is 6.42. The zero-order chi connectivity index (χ0) is 11.0. The van der Waals surface area contributed by atoms with Crippen LogP contribution in [0, 0.1) is 5.92 Å². The van der Waals surface area contributed by atoms with Gasteiger partial charge in [-0.05, 0) is 12.3 Å². The second kappa shape index (κ2) is 7.20. The van der Waals surface area contributed by atoms with Crippen LogP contribution in [0.5, 0.6) is 0 Å².